The van der Waals surface area contributed by atoms with E-state index in [2.05, 4.69) is 22.6 Å². The first kappa shape index (κ1) is 7.09. The van der Waals surface area contributed by atoms with Crippen LogP contribution in [0, 0.1) is 0 Å². The first-order chi connectivity index (χ1) is 5.29. The third-order valence-electron chi connectivity index (χ3n) is 1.61. The van der Waals surface area contributed by atoms with Crippen LogP contribution >= 0.6 is 22.6 Å². The highest BCUT2D eigenvalue weighted by molar-refractivity contribution is 14.1. The quantitative estimate of drug-likeness (QED) is 0.309. The summed E-state index contributed by atoms with van der Waals surface area (Å²) in [5.41, 5.74) is 0.984. The van der Waals surface area contributed by atoms with E-state index < -0.39 is 0 Å². The molecular formula is C8H5IO2. The Morgan fingerprint density at radius 3 is 2.82 bits per heavy atom. The van der Waals surface area contributed by atoms with E-state index in [4.69, 9.17) is 4.74 Å². The van der Waals surface area contributed by atoms with Gasteiger partial charge in [-0.15, -0.1) is 0 Å². The van der Waals surface area contributed by atoms with Crippen molar-refractivity contribution in [2.24, 2.45) is 0 Å². The van der Waals surface area contributed by atoms with Crippen molar-refractivity contribution < 1.29 is 9.53 Å². The molecule has 1 aromatic rings. The Bertz CT molecular complexity index is 309. The van der Waals surface area contributed by atoms with Crippen molar-refractivity contribution in [3.05, 3.63) is 29.8 Å². The lowest BCUT2D eigenvalue weighted by atomic mass is 10.2. The number of ether oxygens (including phenoxy) is 1. The molecule has 3 heteroatoms. The van der Waals surface area contributed by atoms with Gasteiger partial charge in [-0.25, -0.2) is 0 Å². The second-order valence-corrected chi connectivity index (χ2v) is 3.57. The number of para-hydroxylation sites is 1. The summed E-state index contributed by atoms with van der Waals surface area (Å²) >= 11 is 2.07. The maximum Gasteiger partial charge on any atom is 0.328 e. The van der Waals surface area contributed by atoms with Crippen LogP contribution in [0.2, 0.25) is 0 Å². The van der Waals surface area contributed by atoms with E-state index in [0.717, 1.165) is 5.56 Å². The minimum absolute atomic E-state index is 0.121. The van der Waals surface area contributed by atoms with E-state index in [-0.39, 0.29) is 9.89 Å². The summed E-state index contributed by atoms with van der Waals surface area (Å²) in [6, 6.07) is 7.50. The Hall–Kier alpha value is -0.580. The van der Waals surface area contributed by atoms with Gasteiger partial charge in [-0.3, -0.25) is 4.79 Å². The van der Waals surface area contributed by atoms with E-state index in [0.29, 0.717) is 5.75 Å². The second kappa shape index (κ2) is 2.48. The van der Waals surface area contributed by atoms with E-state index in [1.807, 2.05) is 24.3 Å². The number of hydrogen-bond acceptors (Lipinski definition) is 2. The third kappa shape index (κ3) is 1.03. The molecule has 0 saturated heterocycles. The third-order valence-corrected chi connectivity index (χ3v) is 2.79. The van der Waals surface area contributed by atoms with Gasteiger partial charge in [-0.05, 0) is 6.07 Å². The van der Waals surface area contributed by atoms with E-state index in [1.165, 1.54) is 0 Å². The normalized spacial score (nSPS) is 21.2. The summed E-state index contributed by atoms with van der Waals surface area (Å²) in [4.78, 5) is 11.0. The van der Waals surface area contributed by atoms with Crippen molar-refractivity contribution in [1.82, 2.24) is 0 Å². The summed E-state index contributed by atoms with van der Waals surface area (Å²) in [5, 5.41) is 0. The maximum atomic E-state index is 11.0. The predicted molar refractivity (Wildman–Crippen MR) is 48.8 cm³/mol. The summed E-state index contributed by atoms with van der Waals surface area (Å²) < 4.78 is 4.85. The average Bonchev–Trinajstić information content (AvgIpc) is 2.30. The zero-order valence-corrected chi connectivity index (χ0v) is 7.74. The molecule has 0 fully saturated rings. The number of hydrogen-bond donors (Lipinski definition) is 0. The Kier molecular flexibility index (Phi) is 1.60. The molecule has 1 heterocycles. The molecular weight excluding hydrogens is 255 g/mol. The summed E-state index contributed by atoms with van der Waals surface area (Å²) in [6.45, 7) is 0. The molecule has 2 rings (SSSR count). The zero-order valence-electron chi connectivity index (χ0n) is 5.58. The smallest absolute Gasteiger partial charge is 0.328 e. The molecule has 1 aliphatic heterocycles. The van der Waals surface area contributed by atoms with Gasteiger partial charge in [0.05, 0.1) is 0 Å². The molecule has 56 valence electrons. The largest absolute Gasteiger partial charge is 0.425 e. The number of esters is 1. The summed E-state index contributed by atoms with van der Waals surface area (Å²) in [5.74, 6) is 0.545. The molecule has 0 saturated carbocycles. The number of rotatable bonds is 0. The molecule has 1 atom stereocenters. The monoisotopic (exact) mass is 260 g/mol. The van der Waals surface area contributed by atoms with Crippen molar-refractivity contribution in [1.29, 1.82) is 0 Å². The van der Waals surface area contributed by atoms with Gasteiger partial charge < -0.3 is 4.74 Å². The fraction of sp³-hybridized carbons (Fsp3) is 0.125. The lowest BCUT2D eigenvalue weighted by molar-refractivity contribution is -0.131. The minimum Gasteiger partial charge on any atom is -0.425 e. The highest BCUT2D eigenvalue weighted by atomic mass is 127. The van der Waals surface area contributed by atoms with Gasteiger partial charge in [-0.2, -0.15) is 0 Å². The molecule has 0 bridgehead atoms. The molecule has 0 aliphatic carbocycles. The zero-order chi connectivity index (χ0) is 7.84. The van der Waals surface area contributed by atoms with E-state index in [1.54, 1.807) is 0 Å². The Labute approximate surface area is 77.7 Å². The number of fused-ring (bicyclic) bond motifs is 1. The fourth-order valence-corrected chi connectivity index (χ4v) is 1.71. The molecule has 2 nitrogen and oxygen atoms in total. The molecule has 11 heavy (non-hydrogen) atoms. The molecule has 0 N–H and O–H groups in total. The topological polar surface area (TPSA) is 26.3 Å². The summed E-state index contributed by atoms with van der Waals surface area (Å²) in [7, 11) is 0. The van der Waals surface area contributed by atoms with Crippen LogP contribution in [0.1, 0.15) is 9.49 Å². The Morgan fingerprint density at radius 1 is 1.36 bits per heavy atom. The van der Waals surface area contributed by atoms with Crippen LogP contribution in [0.15, 0.2) is 24.3 Å². The van der Waals surface area contributed by atoms with Crippen LogP contribution in [0.25, 0.3) is 0 Å². The highest BCUT2D eigenvalue weighted by Crippen LogP contribution is 2.38. The molecule has 1 unspecified atom stereocenters. The molecule has 0 radical (unpaired) electrons. The number of carbonyl (C=O) groups excluding carboxylic acids is 1. The number of carbonyl (C=O) groups is 1. The standard InChI is InChI=1S/C8H5IO2/c9-7-5-3-1-2-4-6(5)11-8(7)10/h1-4,7H. The van der Waals surface area contributed by atoms with Gasteiger partial charge in [0.15, 0.2) is 0 Å². The van der Waals surface area contributed by atoms with Gasteiger partial charge in [0, 0.05) is 5.56 Å². The lowest BCUT2D eigenvalue weighted by Crippen LogP contribution is -2.03. The second-order valence-electron chi connectivity index (χ2n) is 2.32. The summed E-state index contributed by atoms with van der Waals surface area (Å²) in [6.07, 6.45) is 0. The van der Waals surface area contributed by atoms with Gasteiger partial charge >= 0.3 is 5.97 Å². The van der Waals surface area contributed by atoms with Crippen molar-refractivity contribution in [3.8, 4) is 5.75 Å². The molecule has 1 aliphatic rings. The first-order valence-corrected chi connectivity index (χ1v) is 4.48. The first-order valence-electron chi connectivity index (χ1n) is 3.24. The number of benzene rings is 1. The van der Waals surface area contributed by atoms with E-state index >= 15 is 0 Å². The van der Waals surface area contributed by atoms with Crippen molar-refractivity contribution in [3.63, 3.8) is 0 Å². The van der Waals surface area contributed by atoms with Crippen molar-refractivity contribution >= 4 is 28.6 Å². The van der Waals surface area contributed by atoms with Crippen LogP contribution in [-0.4, -0.2) is 5.97 Å². The van der Waals surface area contributed by atoms with Crippen molar-refractivity contribution in [2.75, 3.05) is 0 Å². The molecule has 0 amide bonds. The SMILES string of the molecule is O=C1Oc2ccccc2C1I. The Morgan fingerprint density at radius 2 is 2.09 bits per heavy atom. The predicted octanol–water partition coefficient (Wildman–Crippen LogP) is 2.08. The van der Waals surface area contributed by atoms with E-state index in [9.17, 15) is 4.79 Å². The minimum atomic E-state index is -0.160. The number of alkyl halides is 1. The van der Waals surface area contributed by atoms with Crippen LogP contribution in [0.4, 0.5) is 0 Å². The van der Waals surface area contributed by atoms with Gasteiger partial charge in [0.25, 0.3) is 0 Å². The van der Waals surface area contributed by atoms with Crippen LogP contribution in [0.5, 0.6) is 5.75 Å². The molecule has 0 aromatic heterocycles. The number of halogens is 1. The van der Waals surface area contributed by atoms with Crippen molar-refractivity contribution in [2.45, 2.75) is 3.92 Å². The lowest BCUT2D eigenvalue weighted by Gasteiger charge is -1.93. The molecule has 1 aromatic carbocycles. The van der Waals surface area contributed by atoms with Crippen LogP contribution in [0.3, 0.4) is 0 Å². The Balaban J connectivity index is 2.55. The van der Waals surface area contributed by atoms with Crippen LogP contribution in [-0.2, 0) is 4.79 Å². The maximum absolute atomic E-state index is 11.0. The van der Waals surface area contributed by atoms with Gasteiger partial charge in [0.2, 0.25) is 0 Å². The average molecular weight is 260 g/mol. The fourth-order valence-electron chi connectivity index (χ4n) is 1.07. The molecule has 0 spiro atoms. The van der Waals surface area contributed by atoms with Crippen LogP contribution < -0.4 is 4.74 Å². The van der Waals surface area contributed by atoms with Gasteiger partial charge in [-0.1, -0.05) is 40.8 Å². The van der Waals surface area contributed by atoms with Gasteiger partial charge in [0.1, 0.15) is 9.67 Å². The highest BCUT2D eigenvalue weighted by Gasteiger charge is 2.29.